The molecule has 1 unspecified atom stereocenters. The zero-order valence-electron chi connectivity index (χ0n) is 17.5. The van der Waals surface area contributed by atoms with E-state index in [0.717, 1.165) is 48.5 Å². The maximum Gasteiger partial charge on any atom is 0.238 e. The van der Waals surface area contributed by atoms with E-state index in [4.69, 9.17) is 0 Å². The maximum absolute atomic E-state index is 13.0. The smallest absolute Gasteiger partial charge is 0.238 e. The SMILES string of the molecule is CCCc1ccc(C#N)c(SC(CC)C(=O)Nc2sc3c(c2C#N)CCN(C)C3)n1. The second-order valence-electron chi connectivity index (χ2n) is 7.33. The van der Waals surface area contributed by atoms with Crippen molar-refractivity contribution in [2.24, 2.45) is 0 Å². The first kappa shape index (κ1) is 22.3. The number of carbonyl (C=O) groups excluding carboxylic acids is 1. The fourth-order valence-corrected chi connectivity index (χ4v) is 5.73. The topological polar surface area (TPSA) is 92.8 Å². The number of carbonyl (C=O) groups is 1. The van der Waals surface area contributed by atoms with Gasteiger partial charge < -0.3 is 10.2 Å². The molecule has 6 nitrogen and oxygen atoms in total. The van der Waals surface area contributed by atoms with Gasteiger partial charge in [0.2, 0.25) is 5.91 Å². The standard InChI is InChI=1S/C22H25N5OS2/c1-4-6-15-8-7-14(11-23)21(25-15)29-18(5-2)20(28)26-22-17(12-24)16-9-10-27(3)13-19(16)30-22/h7-8,18H,4-6,9-10,13H2,1-3H3,(H,26,28). The van der Waals surface area contributed by atoms with Crippen molar-refractivity contribution < 1.29 is 4.79 Å². The molecule has 3 rings (SSSR count). The highest BCUT2D eigenvalue weighted by Gasteiger charge is 2.26. The van der Waals surface area contributed by atoms with Crippen molar-refractivity contribution in [1.82, 2.24) is 9.88 Å². The van der Waals surface area contributed by atoms with Crippen LogP contribution >= 0.6 is 23.1 Å². The largest absolute Gasteiger partial charge is 0.316 e. The van der Waals surface area contributed by atoms with Crippen molar-refractivity contribution in [3.05, 3.63) is 39.4 Å². The van der Waals surface area contributed by atoms with Crippen LogP contribution in [0.5, 0.6) is 0 Å². The van der Waals surface area contributed by atoms with Crippen LogP contribution in [0.3, 0.4) is 0 Å². The molecular formula is C22H25N5OS2. The first-order chi connectivity index (χ1) is 14.5. The van der Waals surface area contributed by atoms with E-state index in [1.54, 1.807) is 6.07 Å². The number of thioether (sulfide) groups is 1. The van der Waals surface area contributed by atoms with Crippen molar-refractivity contribution in [2.75, 3.05) is 18.9 Å². The third kappa shape index (κ3) is 4.84. The Morgan fingerprint density at radius 2 is 2.17 bits per heavy atom. The van der Waals surface area contributed by atoms with Crippen LogP contribution in [0.15, 0.2) is 17.2 Å². The summed E-state index contributed by atoms with van der Waals surface area (Å²) in [6.45, 7) is 5.74. The van der Waals surface area contributed by atoms with Crippen molar-refractivity contribution >= 4 is 34.0 Å². The number of nitrogens with zero attached hydrogens (tertiary/aromatic N) is 4. The van der Waals surface area contributed by atoms with Gasteiger partial charge in [-0.05, 0) is 44.0 Å². The van der Waals surface area contributed by atoms with Crippen molar-refractivity contribution in [3.8, 4) is 12.1 Å². The van der Waals surface area contributed by atoms with Crippen LogP contribution in [0.25, 0.3) is 0 Å². The van der Waals surface area contributed by atoms with E-state index in [1.807, 2.05) is 13.0 Å². The number of anilines is 1. The first-order valence-corrected chi connectivity index (χ1v) is 11.8. The molecule has 2 aromatic rings. The quantitative estimate of drug-likeness (QED) is 0.645. The van der Waals surface area contributed by atoms with Gasteiger partial charge in [0.1, 0.15) is 22.2 Å². The average Bonchev–Trinajstić information content (AvgIpc) is 3.08. The minimum Gasteiger partial charge on any atom is -0.316 e. The lowest BCUT2D eigenvalue weighted by Gasteiger charge is -2.21. The highest BCUT2D eigenvalue weighted by molar-refractivity contribution is 8.00. The second kappa shape index (κ2) is 10.1. The molecule has 1 atom stereocenters. The number of aryl methyl sites for hydroxylation is 1. The molecule has 1 aliphatic heterocycles. The fourth-order valence-electron chi connectivity index (χ4n) is 3.44. The number of hydrogen-bond acceptors (Lipinski definition) is 7. The van der Waals surface area contributed by atoms with Crippen LogP contribution in [0.1, 0.15) is 54.0 Å². The minimum atomic E-state index is -0.394. The van der Waals surface area contributed by atoms with E-state index in [1.165, 1.54) is 23.1 Å². The monoisotopic (exact) mass is 439 g/mol. The van der Waals surface area contributed by atoms with Gasteiger partial charge in [-0.3, -0.25) is 4.79 Å². The Morgan fingerprint density at radius 3 is 2.83 bits per heavy atom. The number of aromatic nitrogens is 1. The molecule has 2 aromatic heterocycles. The lowest BCUT2D eigenvalue weighted by atomic mass is 10.0. The zero-order valence-corrected chi connectivity index (χ0v) is 19.1. The van der Waals surface area contributed by atoms with Gasteiger partial charge >= 0.3 is 0 Å². The molecule has 0 spiro atoms. The summed E-state index contributed by atoms with van der Waals surface area (Å²) in [6.07, 6.45) is 3.22. The van der Waals surface area contributed by atoms with Gasteiger partial charge in [0.25, 0.3) is 0 Å². The van der Waals surface area contributed by atoms with Gasteiger partial charge in [-0.1, -0.05) is 32.0 Å². The van der Waals surface area contributed by atoms with E-state index in [0.29, 0.717) is 27.6 Å². The third-order valence-corrected chi connectivity index (χ3v) is 7.56. The molecule has 1 N–H and O–H groups in total. The summed E-state index contributed by atoms with van der Waals surface area (Å²) in [7, 11) is 2.06. The number of pyridine rings is 1. The summed E-state index contributed by atoms with van der Waals surface area (Å²) in [4.78, 5) is 21.0. The van der Waals surface area contributed by atoms with Gasteiger partial charge in [0.15, 0.2) is 0 Å². The van der Waals surface area contributed by atoms with E-state index < -0.39 is 5.25 Å². The average molecular weight is 440 g/mol. The predicted octanol–water partition coefficient (Wildman–Crippen LogP) is 4.34. The highest BCUT2D eigenvalue weighted by Crippen LogP contribution is 2.37. The summed E-state index contributed by atoms with van der Waals surface area (Å²) < 4.78 is 0. The van der Waals surface area contributed by atoms with E-state index in [2.05, 4.69) is 41.3 Å². The Labute approximate surface area is 185 Å². The number of amides is 1. The zero-order chi connectivity index (χ0) is 21.7. The van der Waals surface area contributed by atoms with Crippen LogP contribution in [0.4, 0.5) is 5.00 Å². The van der Waals surface area contributed by atoms with E-state index in [9.17, 15) is 15.3 Å². The minimum absolute atomic E-state index is 0.155. The molecule has 3 heterocycles. The molecule has 1 aliphatic rings. The van der Waals surface area contributed by atoms with E-state index in [-0.39, 0.29) is 5.91 Å². The lowest BCUT2D eigenvalue weighted by Crippen LogP contribution is -2.25. The molecule has 0 radical (unpaired) electrons. The Hall–Kier alpha value is -2.39. The van der Waals surface area contributed by atoms with Crippen molar-refractivity contribution in [2.45, 2.75) is 56.4 Å². The highest BCUT2D eigenvalue weighted by atomic mass is 32.2. The van der Waals surface area contributed by atoms with Crippen LogP contribution < -0.4 is 5.32 Å². The molecule has 0 fully saturated rings. The molecule has 30 heavy (non-hydrogen) atoms. The number of rotatable bonds is 7. The molecule has 0 aromatic carbocycles. The maximum atomic E-state index is 13.0. The molecule has 0 bridgehead atoms. The van der Waals surface area contributed by atoms with Gasteiger partial charge in [-0.25, -0.2) is 4.98 Å². The number of fused-ring (bicyclic) bond motifs is 1. The summed E-state index contributed by atoms with van der Waals surface area (Å²) >= 11 is 2.82. The normalized spacial score (nSPS) is 14.4. The number of nitriles is 2. The predicted molar refractivity (Wildman–Crippen MR) is 121 cm³/mol. The van der Waals surface area contributed by atoms with Gasteiger partial charge in [-0.2, -0.15) is 10.5 Å². The number of likely N-dealkylation sites (N-methyl/N-ethyl adjacent to an activating group) is 1. The van der Waals surface area contributed by atoms with Crippen LogP contribution in [0.2, 0.25) is 0 Å². The number of thiophene rings is 1. The second-order valence-corrected chi connectivity index (χ2v) is 9.63. The van der Waals surface area contributed by atoms with Crippen LogP contribution in [-0.2, 0) is 24.2 Å². The molecule has 0 aliphatic carbocycles. The lowest BCUT2D eigenvalue weighted by molar-refractivity contribution is -0.115. The Morgan fingerprint density at radius 1 is 1.37 bits per heavy atom. The van der Waals surface area contributed by atoms with Crippen molar-refractivity contribution in [3.63, 3.8) is 0 Å². The number of nitrogens with one attached hydrogen (secondary N) is 1. The molecular weight excluding hydrogens is 414 g/mol. The molecule has 8 heteroatoms. The molecule has 1 amide bonds. The van der Waals surface area contributed by atoms with Gasteiger partial charge in [0, 0.05) is 23.7 Å². The summed E-state index contributed by atoms with van der Waals surface area (Å²) in [5.74, 6) is -0.155. The Bertz CT molecular complexity index is 1020. The Balaban J connectivity index is 1.81. The summed E-state index contributed by atoms with van der Waals surface area (Å²) in [5.41, 5.74) is 3.07. The van der Waals surface area contributed by atoms with Crippen LogP contribution in [0, 0.1) is 22.7 Å². The molecule has 0 saturated heterocycles. The molecule has 0 saturated carbocycles. The van der Waals surface area contributed by atoms with Gasteiger partial charge in [0.05, 0.1) is 16.4 Å². The van der Waals surface area contributed by atoms with Crippen LogP contribution in [-0.4, -0.2) is 34.6 Å². The van der Waals surface area contributed by atoms with E-state index >= 15 is 0 Å². The summed E-state index contributed by atoms with van der Waals surface area (Å²) in [6, 6.07) is 8.12. The number of hydrogen-bond donors (Lipinski definition) is 1. The third-order valence-electron chi connectivity index (χ3n) is 5.06. The first-order valence-electron chi connectivity index (χ1n) is 10.1. The molecule has 156 valence electrons. The Kier molecular flexibility index (Phi) is 7.49. The van der Waals surface area contributed by atoms with Gasteiger partial charge in [-0.15, -0.1) is 11.3 Å². The summed E-state index contributed by atoms with van der Waals surface area (Å²) in [5, 5.41) is 22.9. The van der Waals surface area contributed by atoms with Crippen molar-refractivity contribution in [1.29, 1.82) is 10.5 Å². The fraction of sp³-hybridized carbons (Fsp3) is 0.455.